The third kappa shape index (κ3) is 5.69. The van der Waals surface area contributed by atoms with Crippen LogP contribution in [0.25, 0.3) is 6.08 Å². The van der Waals surface area contributed by atoms with Crippen LogP contribution in [0, 0.1) is 11.8 Å². The molecule has 0 heterocycles. The van der Waals surface area contributed by atoms with Crippen LogP contribution in [0.5, 0.6) is 0 Å². The molecule has 0 spiro atoms. The number of allylic oxidation sites excluding steroid dienone is 1. The Morgan fingerprint density at radius 2 is 1.62 bits per heavy atom. The molecule has 0 unspecified atom stereocenters. The molecule has 1 saturated carbocycles. The smallest absolute Gasteiger partial charge is 0.0260 e. The summed E-state index contributed by atoms with van der Waals surface area (Å²) >= 11 is 0. The van der Waals surface area contributed by atoms with Crippen molar-refractivity contribution in [2.24, 2.45) is 11.8 Å². The van der Waals surface area contributed by atoms with Crippen LogP contribution in [-0.4, -0.2) is 0 Å². The van der Waals surface area contributed by atoms with E-state index >= 15 is 0 Å². The zero-order valence-corrected chi connectivity index (χ0v) is 14.0. The van der Waals surface area contributed by atoms with Crippen LogP contribution in [0.15, 0.2) is 30.3 Å². The van der Waals surface area contributed by atoms with Crippen molar-refractivity contribution in [3.05, 3.63) is 41.5 Å². The van der Waals surface area contributed by atoms with Crippen LogP contribution < -0.4 is 0 Å². The van der Waals surface area contributed by atoms with E-state index in [1.807, 2.05) is 0 Å². The first kappa shape index (κ1) is 16.3. The van der Waals surface area contributed by atoms with E-state index in [0.29, 0.717) is 0 Å². The minimum Gasteiger partial charge on any atom is -0.0839 e. The molecule has 0 heteroatoms. The molecule has 0 aliphatic heterocycles. The lowest BCUT2D eigenvalue weighted by Crippen LogP contribution is -2.13. The van der Waals surface area contributed by atoms with Crippen molar-refractivity contribution in [2.75, 3.05) is 0 Å². The zero-order valence-electron chi connectivity index (χ0n) is 14.0. The van der Waals surface area contributed by atoms with Crippen molar-refractivity contribution in [3.8, 4) is 0 Å². The molecule has 0 saturated heterocycles. The molecule has 0 N–H and O–H groups in total. The highest BCUT2D eigenvalue weighted by molar-refractivity contribution is 5.49. The Hall–Kier alpha value is -1.04. The molecule has 0 nitrogen and oxygen atoms in total. The summed E-state index contributed by atoms with van der Waals surface area (Å²) in [6.07, 6.45) is 17.0. The van der Waals surface area contributed by atoms with Gasteiger partial charge in [-0.25, -0.2) is 0 Å². The minimum absolute atomic E-state index is 0.990. The molecule has 0 amide bonds. The lowest BCUT2D eigenvalue weighted by molar-refractivity contribution is 0.260. The molecule has 0 atom stereocenters. The predicted molar refractivity (Wildman–Crippen MR) is 94.4 cm³/mol. The van der Waals surface area contributed by atoms with Gasteiger partial charge in [0.15, 0.2) is 0 Å². The molecule has 21 heavy (non-hydrogen) atoms. The second-order valence-electron chi connectivity index (χ2n) is 6.77. The number of hydrogen-bond acceptors (Lipinski definition) is 0. The van der Waals surface area contributed by atoms with E-state index in [1.165, 1.54) is 68.9 Å². The molecule has 2 rings (SSSR count). The summed E-state index contributed by atoms with van der Waals surface area (Å²) in [6, 6.07) is 9.06. The van der Waals surface area contributed by atoms with Crippen LogP contribution in [0.3, 0.4) is 0 Å². The lowest BCUT2D eigenvalue weighted by atomic mass is 9.79. The monoisotopic (exact) mass is 284 g/mol. The van der Waals surface area contributed by atoms with Gasteiger partial charge in [0.05, 0.1) is 0 Å². The summed E-state index contributed by atoms with van der Waals surface area (Å²) in [7, 11) is 0. The Balaban J connectivity index is 1.68. The first-order chi connectivity index (χ1) is 10.3. The fourth-order valence-electron chi connectivity index (χ4n) is 3.56. The van der Waals surface area contributed by atoms with Gasteiger partial charge in [0.2, 0.25) is 0 Å². The van der Waals surface area contributed by atoms with Gasteiger partial charge in [0, 0.05) is 0 Å². The summed E-state index contributed by atoms with van der Waals surface area (Å²) in [5.41, 5.74) is 2.81. The lowest BCUT2D eigenvalue weighted by Gasteiger charge is -2.27. The third-order valence-corrected chi connectivity index (χ3v) is 5.11. The number of hydrogen-bond donors (Lipinski definition) is 0. The van der Waals surface area contributed by atoms with Crippen molar-refractivity contribution in [1.29, 1.82) is 0 Å². The molecule has 0 radical (unpaired) electrons. The van der Waals surface area contributed by atoms with Gasteiger partial charge < -0.3 is 0 Å². The third-order valence-electron chi connectivity index (χ3n) is 5.11. The maximum Gasteiger partial charge on any atom is -0.0260 e. The van der Waals surface area contributed by atoms with E-state index in [4.69, 9.17) is 0 Å². The number of rotatable bonds is 7. The molecule has 0 bridgehead atoms. The van der Waals surface area contributed by atoms with E-state index in [-0.39, 0.29) is 0 Å². The second kappa shape index (κ2) is 9.07. The summed E-state index contributed by atoms with van der Waals surface area (Å²) < 4.78 is 0. The van der Waals surface area contributed by atoms with Gasteiger partial charge in [-0.05, 0) is 42.2 Å². The molecular formula is C21H32. The highest BCUT2D eigenvalue weighted by Gasteiger charge is 2.18. The fraction of sp³-hybridized carbons (Fsp3) is 0.619. The van der Waals surface area contributed by atoms with E-state index in [2.05, 4.69) is 50.3 Å². The van der Waals surface area contributed by atoms with E-state index in [9.17, 15) is 0 Å². The van der Waals surface area contributed by atoms with Gasteiger partial charge >= 0.3 is 0 Å². The van der Waals surface area contributed by atoms with Crippen LogP contribution in [-0.2, 0) is 6.42 Å². The average molecular weight is 284 g/mol. The van der Waals surface area contributed by atoms with Gasteiger partial charge in [-0.3, -0.25) is 0 Å². The van der Waals surface area contributed by atoms with E-state index in [1.54, 1.807) is 0 Å². The van der Waals surface area contributed by atoms with Crippen LogP contribution >= 0.6 is 0 Å². The normalized spacial score (nSPS) is 22.8. The molecule has 116 valence electrons. The standard InChI is InChI=1S/C21H32/c1-3-7-19-14-16-21(17-15-19)9-6-5-8-20-12-10-18(4-2)11-13-20/h6,9,14-18,20H,3-5,7-8,10-13H2,1-2H3/b9-6-. The van der Waals surface area contributed by atoms with Crippen LogP contribution in [0.4, 0.5) is 0 Å². The van der Waals surface area contributed by atoms with Crippen molar-refractivity contribution in [2.45, 2.75) is 71.6 Å². The average Bonchev–Trinajstić information content (AvgIpc) is 2.54. The molecule has 1 fully saturated rings. The van der Waals surface area contributed by atoms with Crippen molar-refractivity contribution < 1.29 is 0 Å². The molecule has 0 aromatic heterocycles. The van der Waals surface area contributed by atoms with Crippen molar-refractivity contribution in [3.63, 3.8) is 0 Å². The van der Waals surface area contributed by atoms with Gasteiger partial charge in [-0.15, -0.1) is 0 Å². The van der Waals surface area contributed by atoms with Crippen molar-refractivity contribution in [1.82, 2.24) is 0 Å². The van der Waals surface area contributed by atoms with Crippen LogP contribution in [0.2, 0.25) is 0 Å². The second-order valence-corrected chi connectivity index (χ2v) is 6.77. The first-order valence-electron chi connectivity index (χ1n) is 9.07. The molecular weight excluding hydrogens is 252 g/mol. The zero-order chi connectivity index (χ0) is 14.9. The Morgan fingerprint density at radius 1 is 0.952 bits per heavy atom. The van der Waals surface area contributed by atoms with Crippen LogP contribution in [0.1, 0.15) is 76.3 Å². The quantitative estimate of drug-likeness (QED) is 0.526. The SMILES string of the molecule is CCCc1ccc(/C=C\CCC2CCC(CC)CC2)cc1. The number of aryl methyl sites for hydroxylation is 1. The predicted octanol–water partition coefficient (Wildman–Crippen LogP) is 6.65. The summed E-state index contributed by atoms with van der Waals surface area (Å²) in [4.78, 5) is 0. The summed E-state index contributed by atoms with van der Waals surface area (Å²) in [5, 5.41) is 0. The summed E-state index contributed by atoms with van der Waals surface area (Å²) in [5.74, 6) is 2.02. The van der Waals surface area contributed by atoms with E-state index < -0.39 is 0 Å². The van der Waals surface area contributed by atoms with E-state index in [0.717, 1.165) is 11.8 Å². The largest absolute Gasteiger partial charge is 0.0839 e. The minimum atomic E-state index is 0.990. The maximum absolute atomic E-state index is 2.38. The Labute approximate surface area is 131 Å². The molecule has 1 aliphatic carbocycles. The fourth-order valence-corrected chi connectivity index (χ4v) is 3.56. The number of benzene rings is 1. The highest BCUT2D eigenvalue weighted by atomic mass is 14.2. The van der Waals surface area contributed by atoms with Gasteiger partial charge in [0.25, 0.3) is 0 Å². The Bertz CT molecular complexity index is 404. The maximum atomic E-state index is 2.38. The Kier molecular flexibility index (Phi) is 7.06. The Morgan fingerprint density at radius 3 is 2.24 bits per heavy atom. The van der Waals surface area contributed by atoms with Gasteiger partial charge in [-0.1, -0.05) is 88.8 Å². The molecule has 1 aliphatic rings. The highest BCUT2D eigenvalue weighted by Crippen LogP contribution is 2.33. The van der Waals surface area contributed by atoms with Crippen molar-refractivity contribution >= 4 is 6.08 Å². The molecule has 1 aromatic carbocycles. The molecule has 1 aromatic rings. The van der Waals surface area contributed by atoms with Gasteiger partial charge in [-0.2, -0.15) is 0 Å². The topological polar surface area (TPSA) is 0 Å². The summed E-state index contributed by atoms with van der Waals surface area (Å²) in [6.45, 7) is 4.58. The first-order valence-corrected chi connectivity index (χ1v) is 9.07. The van der Waals surface area contributed by atoms with Gasteiger partial charge in [0.1, 0.15) is 0 Å².